The third kappa shape index (κ3) is 4.23. The molecule has 0 saturated carbocycles. The van der Waals surface area contributed by atoms with Gasteiger partial charge in [0, 0.05) is 0 Å². The zero-order valence-electron chi connectivity index (χ0n) is 15.4. The Kier molecular flexibility index (Phi) is 4.99. The second kappa shape index (κ2) is 7.20. The molecule has 0 radical (unpaired) electrons. The lowest BCUT2D eigenvalue weighted by Crippen LogP contribution is -2.22. The molecule has 0 fully saturated rings. The van der Waals surface area contributed by atoms with Crippen molar-refractivity contribution in [2.45, 2.75) is 38.7 Å². The van der Waals surface area contributed by atoms with Crippen LogP contribution in [0.1, 0.15) is 37.8 Å². The third-order valence-corrected chi connectivity index (χ3v) is 4.28. The average molecular weight is 348 g/mol. The van der Waals surface area contributed by atoms with Crippen molar-refractivity contribution in [3.05, 3.63) is 77.9 Å². The lowest BCUT2D eigenvalue weighted by atomic mass is 9.88. The first-order chi connectivity index (χ1) is 12.3. The van der Waals surface area contributed by atoms with Gasteiger partial charge in [-0.05, 0) is 61.2 Å². The molecule has 1 N–H and O–H groups in total. The first-order valence-electron chi connectivity index (χ1n) is 8.82. The van der Waals surface area contributed by atoms with Gasteiger partial charge in [-0.1, -0.05) is 54.6 Å². The smallest absolute Gasteiger partial charge is 0.311 e. The van der Waals surface area contributed by atoms with Crippen molar-refractivity contribution in [3.63, 3.8) is 0 Å². The van der Waals surface area contributed by atoms with Crippen LogP contribution in [0, 0.1) is 0 Å². The highest BCUT2D eigenvalue weighted by molar-refractivity contribution is 5.90. The minimum atomic E-state index is -0.809. The van der Waals surface area contributed by atoms with Crippen LogP contribution in [0.2, 0.25) is 0 Å². The van der Waals surface area contributed by atoms with Crippen molar-refractivity contribution in [2.75, 3.05) is 0 Å². The number of ether oxygens (including phenoxy) is 1. The van der Waals surface area contributed by atoms with Crippen molar-refractivity contribution in [2.24, 2.45) is 0 Å². The number of carboxylic acid groups (broad SMARTS) is 1. The molecule has 134 valence electrons. The molecule has 3 rings (SSSR count). The summed E-state index contributed by atoms with van der Waals surface area (Å²) in [5.74, 6) is -0.606. The Morgan fingerprint density at radius 2 is 1.62 bits per heavy atom. The fourth-order valence-corrected chi connectivity index (χ4v) is 3.17. The Labute approximate surface area is 154 Å². The van der Waals surface area contributed by atoms with E-state index in [1.54, 1.807) is 0 Å². The van der Waals surface area contributed by atoms with E-state index in [1.165, 1.54) is 0 Å². The molecule has 1 unspecified atom stereocenters. The Morgan fingerprint density at radius 1 is 0.962 bits per heavy atom. The molecule has 3 heteroatoms. The molecule has 0 aliphatic rings. The van der Waals surface area contributed by atoms with E-state index in [4.69, 9.17) is 4.74 Å². The van der Waals surface area contributed by atoms with E-state index in [0.717, 1.165) is 27.6 Å². The Bertz CT molecular complexity index is 899. The van der Waals surface area contributed by atoms with Gasteiger partial charge >= 0.3 is 5.97 Å². The quantitative estimate of drug-likeness (QED) is 0.669. The van der Waals surface area contributed by atoms with Gasteiger partial charge in [0.25, 0.3) is 0 Å². The second-order valence-corrected chi connectivity index (χ2v) is 7.52. The van der Waals surface area contributed by atoms with E-state index in [0.29, 0.717) is 6.42 Å². The van der Waals surface area contributed by atoms with E-state index in [9.17, 15) is 9.90 Å². The molecule has 0 bridgehead atoms. The summed E-state index contributed by atoms with van der Waals surface area (Å²) < 4.78 is 5.84. The fourth-order valence-electron chi connectivity index (χ4n) is 3.17. The number of carbonyl (C=O) groups is 1. The molecule has 3 nitrogen and oxygen atoms in total. The molecule has 0 amide bonds. The highest BCUT2D eigenvalue weighted by atomic mass is 16.5. The molecule has 0 aliphatic heterocycles. The number of hydrogen-bond acceptors (Lipinski definition) is 2. The Hall–Kier alpha value is -2.81. The van der Waals surface area contributed by atoms with Crippen molar-refractivity contribution in [1.82, 2.24) is 0 Å². The van der Waals surface area contributed by atoms with Crippen LogP contribution >= 0.6 is 0 Å². The predicted octanol–water partition coefficient (Wildman–Crippen LogP) is 5.43. The second-order valence-electron chi connectivity index (χ2n) is 7.52. The minimum absolute atomic E-state index is 0.256. The van der Waals surface area contributed by atoms with Gasteiger partial charge in [-0.15, -0.1) is 0 Å². The van der Waals surface area contributed by atoms with Crippen molar-refractivity contribution in [3.8, 4) is 5.75 Å². The minimum Gasteiger partial charge on any atom is -0.488 e. The highest BCUT2D eigenvalue weighted by Crippen LogP contribution is 2.29. The molecule has 0 heterocycles. The number of benzene rings is 3. The van der Waals surface area contributed by atoms with Crippen LogP contribution in [-0.4, -0.2) is 16.7 Å². The molecular weight excluding hydrogens is 324 g/mol. The zero-order valence-corrected chi connectivity index (χ0v) is 15.4. The summed E-state index contributed by atoms with van der Waals surface area (Å²) in [6.45, 7) is 6.01. The van der Waals surface area contributed by atoms with Crippen LogP contribution in [0.25, 0.3) is 10.8 Å². The first-order valence-corrected chi connectivity index (χ1v) is 8.82. The van der Waals surface area contributed by atoms with E-state index in [1.807, 2.05) is 87.5 Å². The Morgan fingerprint density at radius 3 is 2.27 bits per heavy atom. The van der Waals surface area contributed by atoms with Crippen molar-refractivity contribution >= 4 is 16.7 Å². The van der Waals surface area contributed by atoms with Crippen molar-refractivity contribution < 1.29 is 14.6 Å². The SMILES string of the molecule is CC(C)(C)Oc1ccc(CC(C(=O)O)c2cccc3ccccc23)cc1. The largest absolute Gasteiger partial charge is 0.488 e. The number of aliphatic carboxylic acids is 1. The average Bonchev–Trinajstić information content (AvgIpc) is 2.59. The van der Waals surface area contributed by atoms with Gasteiger partial charge in [0.2, 0.25) is 0 Å². The summed E-state index contributed by atoms with van der Waals surface area (Å²) in [5.41, 5.74) is 1.57. The van der Waals surface area contributed by atoms with Gasteiger partial charge in [-0.3, -0.25) is 4.79 Å². The van der Waals surface area contributed by atoms with E-state index in [2.05, 4.69) is 0 Å². The molecule has 0 saturated heterocycles. The van der Waals surface area contributed by atoms with Crippen molar-refractivity contribution in [1.29, 1.82) is 0 Å². The fraction of sp³-hybridized carbons (Fsp3) is 0.261. The summed E-state index contributed by atoms with van der Waals surface area (Å²) >= 11 is 0. The van der Waals surface area contributed by atoms with Crippen LogP contribution in [0.15, 0.2) is 66.7 Å². The van der Waals surface area contributed by atoms with Crippen LogP contribution in [0.4, 0.5) is 0 Å². The molecule has 0 aromatic heterocycles. The molecule has 0 aliphatic carbocycles. The van der Waals surface area contributed by atoms with Gasteiger partial charge in [0.05, 0.1) is 5.92 Å². The van der Waals surface area contributed by atoms with E-state index in [-0.39, 0.29) is 5.60 Å². The summed E-state index contributed by atoms with van der Waals surface area (Å²) in [6, 6.07) is 21.5. The first kappa shape index (κ1) is 18.0. The normalized spacial score (nSPS) is 12.7. The molecule has 1 atom stereocenters. The van der Waals surface area contributed by atoms with Gasteiger partial charge in [0.1, 0.15) is 11.4 Å². The van der Waals surface area contributed by atoms with Crippen LogP contribution in [0.5, 0.6) is 5.75 Å². The molecule has 0 spiro atoms. The molecule has 3 aromatic rings. The number of hydrogen-bond donors (Lipinski definition) is 1. The van der Waals surface area contributed by atoms with Crippen LogP contribution in [0.3, 0.4) is 0 Å². The summed E-state index contributed by atoms with van der Waals surface area (Å²) in [4.78, 5) is 12.0. The maximum atomic E-state index is 12.0. The van der Waals surface area contributed by atoms with Gasteiger partial charge in [-0.25, -0.2) is 0 Å². The van der Waals surface area contributed by atoms with Gasteiger partial charge < -0.3 is 9.84 Å². The van der Waals surface area contributed by atoms with Gasteiger partial charge in [0.15, 0.2) is 0 Å². The lowest BCUT2D eigenvalue weighted by molar-refractivity contribution is -0.138. The summed E-state index contributed by atoms with van der Waals surface area (Å²) in [6.07, 6.45) is 0.444. The Balaban J connectivity index is 1.89. The topological polar surface area (TPSA) is 46.5 Å². The number of fused-ring (bicyclic) bond motifs is 1. The standard InChI is InChI=1S/C23H24O3/c1-23(2,3)26-18-13-11-16(12-14-18)15-21(22(24)25)20-10-6-8-17-7-4-5-9-19(17)20/h4-14,21H,15H2,1-3H3,(H,24,25). The predicted molar refractivity (Wildman–Crippen MR) is 105 cm³/mol. The summed E-state index contributed by atoms with van der Waals surface area (Å²) in [5, 5.41) is 11.9. The third-order valence-electron chi connectivity index (χ3n) is 4.28. The molecular formula is C23H24O3. The lowest BCUT2D eigenvalue weighted by Gasteiger charge is -2.21. The van der Waals surface area contributed by atoms with E-state index >= 15 is 0 Å². The maximum absolute atomic E-state index is 12.0. The highest BCUT2D eigenvalue weighted by Gasteiger charge is 2.22. The number of carboxylic acids is 1. The van der Waals surface area contributed by atoms with Crippen LogP contribution < -0.4 is 4.74 Å². The monoisotopic (exact) mass is 348 g/mol. The van der Waals surface area contributed by atoms with E-state index < -0.39 is 11.9 Å². The summed E-state index contributed by atoms with van der Waals surface area (Å²) in [7, 11) is 0. The van der Waals surface area contributed by atoms with Gasteiger partial charge in [-0.2, -0.15) is 0 Å². The zero-order chi connectivity index (χ0) is 18.7. The molecule has 3 aromatic carbocycles. The molecule has 26 heavy (non-hydrogen) atoms. The van der Waals surface area contributed by atoms with Crippen LogP contribution in [-0.2, 0) is 11.2 Å². The maximum Gasteiger partial charge on any atom is 0.311 e. The number of rotatable bonds is 5.